The van der Waals surface area contributed by atoms with Crippen molar-refractivity contribution in [2.45, 2.75) is 26.9 Å². The Hall–Kier alpha value is -3.44. The predicted molar refractivity (Wildman–Crippen MR) is 117 cm³/mol. The Bertz CT molecular complexity index is 1190. The zero-order valence-electron chi connectivity index (χ0n) is 17.1. The van der Waals surface area contributed by atoms with E-state index in [1.165, 1.54) is 11.1 Å². The Kier molecular flexibility index (Phi) is 5.91. The van der Waals surface area contributed by atoms with Crippen molar-refractivity contribution in [1.29, 1.82) is 0 Å². The Balaban J connectivity index is 1.52. The van der Waals surface area contributed by atoms with Gasteiger partial charge in [0.25, 0.3) is 5.56 Å². The van der Waals surface area contributed by atoms with E-state index in [1.54, 1.807) is 12.4 Å². The third-order valence-corrected chi connectivity index (χ3v) is 5.08. The fourth-order valence-corrected chi connectivity index (χ4v) is 3.38. The third kappa shape index (κ3) is 4.42. The summed E-state index contributed by atoms with van der Waals surface area (Å²) in [5.41, 5.74) is 5.86. The van der Waals surface area contributed by atoms with Crippen molar-refractivity contribution in [3.05, 3.63) is 99.9 Å². The van der Waals surface area contributed by atoms with E-state index in [1.807, 2.05) is 43.3 Å². The zero-order valence-corrected chi connectivity index (χ0v) is 17.1. The summed E-state index contributed by atoms with van der Waals surface area (Å²) in [7, 11) is 0. The lowest BCUT2D eigenvalue weighted by Gasteiger charge is -2.08. The van der Waals surface area contributed by atoms with Crippen LogP contribution >= 0.6 is 0 Å². The molecule has 0 fully saturated rings. The lowest BCUT2D eigenvalue weighted by molar-refractivity contribution is 0.134. The molecule has 2 aromatic heterocycles. The first kappa shape index (κ1) is 19.9. The lowest BCUT2D eigenvalue weighted by Crippen LogP contribution is -2.06. The molecule has 2 aromatic carbocycles. The molecule has 0 spiro atoms. The molecule has 5 heteroatoms. The molecule has 0 radical (unpaired) electrons. The van der Waals surface area contributed by atoms with Gasteiger partial charge < -0.3 is 14.1 Å². The molecule has 0 atom stereocenters. The van der Waals surface area contributed by atoms with Gasteiger partial charge in [-0.25, -0.2) is 4.98 Å². The van der Waals surface area contributed by atoms with Crippen LogP contribution in [0, 0.1) is 6.92 Å². The van der Waals surface area contributed by atoms with E-state index in [-0.39, 0.29) is 5.56 Å². The van der Waals surface area contributed by atoms with Crippen LogP contribution < -0.4 is 5.56 Å². The smallest absolute Gasteiger partial charge is 0.255 e. The number of benzene rings is 2. The average molecular weight is 400 g/mol. The number of aromatic nitrogens is 2. The highest BCUT2D eigenvalue weighted by Crippen LogP contribution is 2.25. The van der Waals surface area contributed by atoms with E-state index in [4.69, 9.17) is 9.15 Å². The molecule has 152 valence electrons. The maximum Gasteiger partial charge on any atom is 0.255 e. The molecule has 2 heterocycles. The first-order chi connectivity index (χ1) is 14.6. The summed E-state index contributed by atoms with van der Waals surface area (Å²) < 4.78 is 11.5. The van der Waals surface area contributed by atoms with Gasteiger partial charge in [0.2, 0.25) is 0 Å². The van der Waals surface area contributed by atoms with Crippen LogP contribution in [-0.2, 0) is 17.8 Å². The summed E-state index contributed by atoms with van der Waals surface area (Å²) in [5, 5.41) is 0. The van der Waals surface area contributed by atoms with E-state index in [2.05, 4.69) is 35.1 Å². The number of H-pyrrole nitrogens is 1. The number of nitrogens with zero attached hydrogens (tertiary/aromatic N) is 1. The molecule has 0 aliphatic rings. The molecule has 0 aliphatic carbocycles. The van der Waals surface area contributed by atoms with Crippen LogP contribution in [0.5, 0.6) is 0 Å². The van der Waals surface area contributed by atoms with Crippen molar-refractivity contribution in [3.63, 3.8) is 0 Å². The lowest BCUT2D eigenvalue weighted by atomic mass is 10.0. The molecule has 1 N–H and O–H groups in total. The summed E-state index contributed by atoms with van der Waals surface area (Å²) in [5.74, 6) is 1.38. The molecule has 0 saturated heterocycles. The molecule has 0 bridgehead atoms. The van der Waals surface area contributed by atoms with Gasteiger partial charge in [-0.3, -0.25) is 4.79 Å². The molecule has 5 nitrogen and oxygen atoms in total. The number of aromatic amines is 1. The van der Waals surface area contributed by atoms with Crippen LogP contribution in [0.25, 0.3) is 22.5 Å². The minimum absolute atomic E-state index is 0.103. The monoisotopic (exact) mass is 400 g/mol. The summed E-state index contributed by atoms with van der Waals surface area (Å²) in [6.07, 6.45) is 4.01. The third-order valence-electron chi connectivity index (χ3n) is 5.08. The quantitative estimate of drug-likeness (QED) is 0.467. The molecule has 0 amide bonds. The average Bonchev–Trinajstić information content (AvgIpc) is 3.23. The Morgan fingerprint density at radius 1 is 1.07 bits per heavy atom. The van der Waals surface area contributed by atoms with Gasteiger partial charge in [0.1, 0.15) is 0 Å². The van der Waals surface area contributed by atoms with Gasteiger partial charge >= 0.3 is 0 Å². The van der Waals surface area contributed by atoms with E-state index in [9.17, 15) is 4.79 Å². The van der Waals surface area contributed by atoms with Gasteiger partial charge in [-0.1, -0.05) is 42.5 Å². The van der Waals surface area contributed by atoms with E-state index < -0.39 is 0 Å². The number of hydrogen-bond donors (Lipinski definition) is 1. The number of ether oxygens (including phenoxy) is 1. The van der Waals surface area contributed by atoms with Crippen molar-refractivity contribution in [1.82, 2.24) is 9.97 Å². The summed E-state index contributed by atoms with van der Waals surface area (Å²) in [4.78, 5) is 19.1. The number of pyridine rings is 1. The Labute approximate surface area is 175 Å². The highest BCUT2D eigenvalue weighted by Gasteiger charge is 2.10. The number of oxazole rings is 1. The minimum Gasteiger partial charge on any atom is -0.440 e. The molecular formula is C25H24N2O3. The molecule has 4 rings (SSSR count). The second-order valence-electron chi connectivity index (χ2n) is 7.18. The number of aryl methyl sites for hydroxylation is 1. The van der Waals surface area contributed by atoms with Crippen LogP contribution in [0.4, 0.5) is 0 Å². The minimum atomic E-state index is -0.103. The van der Waals surface area contributed by atoms with Crippen LogP contribution in [0.1, 0.15) is 29.5 Å². The van der Waals surface area contributed by atoms with Gasteiger partial charge in [0.15, 0.2) is 11.7 Å². The Morgan fingerprint density at radius 3 is 2.63 bits per heavy atom. The highest BCUT2D eigenvalue weighted by molar-refractivity contribution is 5.67. The predicted octanol–water partition coefficient (Wildman–Crippen LogP) is 5.13. The van der Waals surface area contributed by atoms with Crippen molar-refractivity contribution >= 4 is 0 Å². The van der Waals surface area contributed by atoms with E-state index >= 15 is 0 Å². The standard InChI is InChI=1S/C25H24N2O3/c1-3-29-16-18-7-6-17(2)21(13-18)14-24-27-15-23(30-24)20-10-8-19(9-11-20)22-5-4-12-26-25(22)28/h4-13,15H,3,14,16H2,1-2H3,(H,26,28). The zero-order chi connectivity index (χ0) is 20.9. The summed E-state index contributed by atoms with van der Waals surface area (Å²) in [6.45, 7) is 5.39. The van der Waals surface area contributed by atoms with Crippen LogP contribution in [0.2, 0.25) is 0 Å². The Morgan fingerprint density at radius 2 is 1.87 bits per heavy atom. The second-order valence-corrected chi connectivity index (χ2v) is 7.18. The van der Waals surface area contributed by atoms with E-state index in [0.717, 1.165) is 16.7 Å². The topological polar surface area (TPSA) is 68.1 Å². The summed E-state index contributed by atoms with van der Waals surface area (Å²) >= 11 is 0. The normalized spacial score (nSPS) is 11.0. The maximum atomic E-state index is 12.0. The maximum absolute atomic E-state index is 12.0. The molecule has 0 unspecified atom stereocenters. The molecule has 4 aromatic rings. The van der Waals surface area contributed by atoms with Crippen LogP contribution in [-0.4, -0.2) is 16.6 Å². The molecule has 0 saturated carbocycles. The molecule has 30 heavy (non-hydrogen) atoms. The van der Waals surface area contributed by atoms with Crippen molar-refractivity contribution in [2.75, 3.05) is 6.61 Å². The molecular weight excluding hydrogens is 376 g/mol. The fraction of sp³-hybridized carbons (Fsp3) is 0.200. The van der Waals surface area contributed by atoms with Gasteiger partial charge in [0.05, 0.1) is 12.8 Å². The first-order valence-corrected chi connectivity index (χ1v) is 10.0. The van der Waals surface area contributed by atoms with Crippen LogP contribution in [0.3, 0.4) is 0 Å². The van der Waals surface area contributed by atoms with E-state index in [0.29, 0.717) is 36.8 Å². The van der Waals surface area contributed by atoms with Gasteiger partial charge in [-0.05, 0) is 48.2 Å². The largest absolute Gasteiger partial charge is 0.440 e. The van der Waals surface area contributed by atoms with Crippen LogP contribution in [0.15, 0.2) is 76.2 Å². The number of hydrogen-bond acceptors (Lipinski definition) is 4. The van der Waals surface area contributed by atoms with Gasteiger partial charge in [0, 0.05) is 30.4 Å². The van der Waals surface area contributed by atoms with Crippen molar-refractivity contribution in [3.8, 4) is 22.5 Å². The molecule has 0 aliphatic heterocycles. The second kappa shape index (κ2) is 8.93. The fourth-order valence-electron chi connectivity index (χ4n) is 3.38. The van der Waals surface area contributed by atoms with Crippen molar-refractivity contribution < 1.29 is 9.15 Å². The van der Waals surface area contributed by atoms with Crippen molar-refractivity contribution in [2.24, 2.45) is 0 Å². The SMILES string of the molecule is CCOCc1ccc(C)c(Cc2ncc(-c3ccc(-c4ccc[nH]c4=O)cc3)o2)c1. The first-order valence-electron chi connectivity index (χ1n) is 10.0. The highest BCUT2D eigenvalue weighted by atomic mass is 16.5. The van der Waals surface area contributed by atoms with Gasteiger partial charge in [-0.15, -0.1) is 0 Å². The number of rotatable bonds is 7. The van der Waals surface area contributed by atoms with Gasteiger partial charge in [-0.2, -0.15) is 0 Å². The summed E-state index contributed by atoms with van der Waals surface area (Å²) in [6, 6.07) is 17.7. The number of nitrogens with one attached hydrogen (secondary N) is 1.